The highest BCUT2D eigenvalue weighted by molar-refractivity contribution is 5.93. The van der Waals surface area contributed by atoms with Crippen molar-refractivity contribution in [1.82, 2.24) is 20.4 Å². The molecular formula is C19H27N5O2. The second kappa shape index (κ2) is 7.85. The van der Waals surface area contributed by atoms with Crippen LogP contribution in [0.15, 0.2) is 22.9 Å². The summed E-state index contributed by atoms with van der Waals surface area (Å²) in [5.41, 5.74) is 1.44. The molecule has 2 aromatic heterocycles. The van der Waals surface area contributed by atoms with E-state index in [-0.39, 0.29) is 23.8 Å². The summed E-state index contributed by atoms with van der Waals surface area (Å²) in [6.07, 6.45) is 3.76. The molecule has 3 heterocycles. The Bertz CT molecular complexity index is 756. The molecule has 140 valence electrons. The molecule has 3 rings (SSSR count). The lowest BCUT2D eigenvalue weighted by atomic mass is 9.97. The first-order valence-corrected chi connectivity index (χ1v) is 9.29. The van der Waals surface area contributed by atoms with Crippen LogP contribution in [0.25, 0.3) is 0 Å². The second-order valence-corrected chi connectivity index (χ2v) is 7.46. The second-order valence-electron chi connectivity index (χ2n) is 7.46. The monoisotopic (exact) mass is 357 g/mol. The summed E-state index contributed by atoms with van der Waals surface area (Å²) in [5, 5.41) is 6.97. The maximum absolute atomic E-state index is 12.2. The Hall–Kier alpha value is -2.44. The Labute approximate surface area is 154 Å². The third kappa shape index (κ3) is 4.20. The number of hydrogen-bond donors (Lipinski definition) is 1. The lowest BCUT2D eigenvalue weighted by Crippen LogP contribution is -2.35. The van der Waals surface area contributed by atoms with E-state index in [2.05, 4.69) is 39.2 Å². The van der Waals surface area contributed by atoms with Crippen molar-refractivity contribution in [3.05, 3.63) is 35.7 Å². The third-order valence-electron chi connectivity index (χ3n) is 4.51. The van der Waals surface area contributed by atoms with Crippen molar-refractivity contribution in [2.45, 2.75) is 58.4 Å². The van der Waals surface area contributed by atoms with E-state index in [1.165, 1.54) is 0 Å². The van der Waals surface area contributed by atoms with E-state index in [1.807, 2.05) is 26.0 Å². The van der Waals surface area contributed by atoms with Crippen LogP contribution in [-0.2, 0) is 0 Å². The minimum absolute atomic E-state index is 0.0833. The van der Waals surface area contributed by atoms with Crippen molar-refractivity contribution in [1.29, 1.82) is 0 Å². The maximum atomic E-state index is 12.2. The number of pyridine rings is 1. The van der Waals surface area contributed by atoms with Crippen LogP contribution in [-0.4, -0.2) is 40.2 Å². The molecule has 0 saturated carbocycles. The maximum Gasteiger partial charge on any atom is 0.270 e. The van der Waals surface area contributed by atoms with Crippen LogP contribution in [0.1, 0.15) is 74.6 Å². The highest BCUT2D eigenvalue weighted by atomic mass is 16.5. The largest absolute Gasteiger partial charge is 0.371 e. The molecular weight excluding hydrogens is 330 g/mol. The lowest BCUT2D eigenvalue weighted by Gasteiger charge is -2.32. The van der Waals surface area contributed by atoms with E-state index >= 15 is 0 Å². The zero-order valence-electron chi connectivity index (χ0n) is 15.9. The van der Waals surface area contributed by atoms with E-state index in [0.29, 0.717) is 11.6 Å². The Morgan fingerprint density at radius 3 is 2.85 bits per heavy atom. The number of rotatable bonds is 5. The molecule has 0 aliphatic carbocycles. The van der Waals surface area contributed by atoms with Crippen LogP contribution < -0.4 is 10.2 Å². The highest BCUT2D eigenvalue weighted by Gasteiger charge is 2.27. The van der Waals surface area contributed by atoms with Crippen LogP contribution in [0.5, 0.6) is 0 Å². The molecule has 1 saturated heterocycles. The number of amides is 1. The smallest absolute Gasteiger partial charge is 0.270 e. The van der Waals surface area contributed by atoms with Gasteiger partial charge in [0, 0.05) is 36.9 Å². The zero-order valence-corrected chi connectivity index (χ0v) is 15.9. The lowest BCUT2D eigenvalue weighted by molar-refractivity contribution is 0.0938. The predicted molar refractivity (Wildman–Crippen MR) is 99.4 cm³/mol. The fraction of sp³-hybridized carbons (Fsp3) is 0.579. The first-order chi connectivity index (χ1) is 12.4. The molecule has 1 N–H and O–H groups in total. The minimum atomic E-state index is -0.145. The van der Waals surface area contributed by atoms with Gasteiger partial charge < -0.3 is 14.7 Å². The van der Waals surface area contributed by atoms with Crippen LogP contribution in [0.4, 0.5) is 5.69 Å². The van der Waals surface area contributed by atoms with E-state index in [1.54, 1.807) is 6.20 Å². The average Bonchev–Trinajstić information content (AvgIpc) is 3.12. The standard InChI is InChI=1S/C19H27N5O2/c1-12(2)17-22-19(26-23-17)14-6-5-9-24(11-14)15-7-8-20-16(10-15)18(25)21-13(3)4/h7-8,10,12-14H,5-6,9,11H2,1-4H3,(H,21,25)/t14-/m1/s1. The SMILES string of the molecule is CC(C)NC(=O)c1cc(N2CCC[C@@H](c3nc(C(C)C)no3)C2)ccn1. The Kier molecular flexibility index (Phi) is 5.54. The number of nitrogens with one attached hydrogen (secondary N) is 1. The van der Waals surface area contributed by atoms with Crippen molar-refractivity contribution < 1.29 is 9.32 Å². The molecule has 0 unspecified atom stereocenters. The van der Waals surface area contributed by atoms with Crippen molar-refractivity contribution in [3.63, 3.8) is 0 Å². The number of carbonyl (C=O) groups excluding carboxylic acids is 1. The van der Waals surface area contributed by atoms with Gasteiger partial charge in [0.15, 0.2) is 5.82 Å². The summed E-state index contributed by atoms with van der Waals surface area (Å²) in [7, 11) is 0. The average molecular weight is 357 g/mol. The van der Waals surface area contributed by atoms with Crippen molar-refractivity contribution in [2.24, 2.45) is 0 Å². The molecule has 0 bridgehead atoms. The van der Waals surface area contributed by atoms with Gasteiger partial charge in [0.2, 0.25) is 5.89 Å². The fourth-order valence-corrected chi connectivity index (χ4v) is 3.14. The first-order valence-electron chi connectivity index (χ1n) is 9.29. The van der Waals surface area contributed by atoms with Gasteiger partial charge in [-0.15, -0.1) is 0 Å². The molecule has 1 amide bonds. The molecule has 1 atom stereocenters. The highest BCUT2D eigenvalue weighted by Crippen LogP contribution is 2.29. The molecule has 0 radical (unpaired) electrons. The van der Waals surface area contributed by atoms with E-state index < -0.39 is 0 Å². The van der Waals surface area contributed by atoms with Gasteiger partial charge in [-0.3, -0.25) is 9.78 Å². The molecule has 1 aliphatic heterocycles. The molecule has 1 fully saturated rings. The molecule has 0 spiro atoms. The molecule has 26 heavy (non-hydrogen) atoms. The Morgan fingerprint density at radius 1 is 1.35 bits per heavy atom. The number of aromatic nitrogens is 3. The predicted octanol–water partition coefficient (Wildman–Crippen LogP) is 3.11. The molecule has 0 aromatic carbocycles. The third-order valence-corrected chi connectivity index (χ3v) is 4.51. The quantitative estimate of drug-likeness (QED) is 0.885. The summed E-state index contributed by atoms with van der Waals surface area (Å²) in [5.74, 6) is 1.80. The molecule has 2 aromatic rings. The summed E-state index contributed by atoms with van der Waals surface area (Å²) < 4.78 is 5.49. The topological polar surface area (TPSA) is 84.2 Å². The van der Waals surface area contributed by atoms with Crippen LogP contribution in [0.3, 0.4) is 0 Å². The van der Waals surface area contributed by atoms with Crippen LogP contribution in [0.2, 0.25) is 0 Å². The summed E-state index contributed by atoms with van der Waals surface area (Å²) in [4.78, 5) is 23.2. The summed E-state index contributed by atoms with van der Waals surface area (Å²) >= 11 is 0. The van der Waals surface area contributed by atoms with Gasteiger partial charge >= 0.3 is 0 Å². The van der Waals surface area contributed by atoms with E-state index in [9.17, 15) is 4.79 Å². The van der Waals surface area contributed by atoms with Crippen LogP contribution in [0, 0.1) is 0 Å². The minimum Gasteiger partial charge on any atom is -0.371 e. The molecule has 7 nitrogen and oxygen atoms in total. The molecule has 7 heteroatoms. The van der Waals surface area contributed by atoms with E-state index in [0.717, 1.165) is 37.4 Å². The van der Waals surface area contributed by atoms with Gasteiger partial charge in [0.05, 0.1) is 5.92 Å². The van der Waals surface area contributed by atoms with Crippen molar-refractivity contribution in [3.8, 4) is 0 Å². The van der Waals surface area contributed by atoms with Crippen molar-refractivity contribution in [2.75, 3.05) is 18.0 Å². The van der Waals surface area contributed by atoms with Gasteiger partial charge in [-0.25, -0.2) is 0 Å². The van der Waals surface area contributed by atoms with E-state index in [4.69, 9.17) is 4.52 Å². The normalized spacial score (nSPS) is 17.8. The van der Waals surface area contributed by atoms with Gasteiger partial charge in [-0.1, -0.05) is 19.0 Å². The fourth-order valence-electron chi connectivity index (χ4n) is 3.14. The zero-order chi connectivity index (χ0) is 18.7. The first kappa shape index (κ1) is 18.4. The van der Waals surface area contributed by atoms with Crippen molar-refractivity contribution >= 4 is 11.6 Å². The van der Waals surface area contributed by atoms with Gasteiger partial charge in [0.1, 0.15) is 5.69 Å². The van der Waals surface area contributed by atoms with Gasteiger partial charge in [-0.05, 0) is 38.8 Å². The number of anilines is 1. The summed E-state index contributed by atoms with van der Waals surface area (Å²) in [6, 6.07) is 3.88. The molecule has 1 aliphatic rings. The number of carbonyl (C=O) groups is 1. The number of hydrogen-bond acceptors (Lipinski definition) is 6. The van der Waals surface area contributed by atoms with Gasteiger partial charge in [0.25, 0.3) is 5.91 Å². The Balaban J connectivity index is 1.74. The number of piperidine rings is 1. The number of nitrogens with zero attached hydrogens (tertiary/aromatic N) is 4. The van der Waals surface area contributed by atoms with Crippen LogP contribution >= 0.6 is 0 Å². The summed E-state index contributed by atoms with van der Waals surface area (Å²) in [6.45, 7) is 9.73. The van der Waals surface area contributed by atoms with Gasteiger partial charge in [-0.2, -0.15) is 4.98 Å². The Morgan fingerprint density at radius 2 is 2.15 bits per heavy atom.